The number of nitrogens with one attached hydrogen (secondary N) is 1. The molecule has 3 aromatic rings. The Morgan fingerprint density at radius 2 is 1.73 bits per heavy atom. The number of hydrogen-bond donors (Lipinski definition) is 1. The van der Waals surface area contributed by atoms with E-state index in [0.717, 1.165) is 5.39 Å². The van der Waals surface area contributed by atoms with Crippen molar-refractivity contribution in [3.63, 3.8) is 0 Å². The fourth-order valence-corrected chi connectivity index (χ4v) is 2.69. The summed E-state index contributed by atoms with van der Waals surface area (Å²) in [5.41, 5.74) is 1.39. The fourth-order valence-electron chi connectivity index (χ4n) is 2.69. The van der Waals surface area contributed by atoms with Crippen LogP contribution in [0.4, 0.5) is 0 Å². The van der Waals surface area contributed by atoms with Crippen LogP contribution in [0, 0.1) is 0 Å². The van der Waals surface area contributed by atoms with Crippen LogP contribution in [0.2, 0.25) is 0 Å². The SMILES string of the molecule is COc1cc(OC)c2[nH]c(C(=O)OC(C)C(=O)c3ccccc3)cc2c1. The van der Waals surface area contributed by atoms with Crippen LogP contribution in [0.5, 0.6) is 11.5 Å². The van der Waals surface area contributed by atoms with E-state index in [1.165, 1.54) is 7.11 Å². The average Bonchev–Trinajstić information content (AvgIpc) is 3.11. The smallest absolute Gasteiger partial charge is 0.355 e. The number of rotatable bonds is 6. The predicted molar refractivity (Wildman–Crippen MR) is 97.1 cm³/mol. The van der Waals surface area contributed by atoms with Crippen LogP contribution >= 0.6 is 0 Å². The van der Waals surface area contributed by atoms with Gasteiger partial charge in [-0.3, -0.25) is 4.79 Å². The lowest BCUT2D eigenvalue weighted by atomic mass is 10.1. The van der Waals surface area contributed by atoms with E-state index in [1.807, 2.05) is 6.07 Å². The van der Waals surface area contributed by atoms with Crippen LogP contribution in [0.25, 0.3) is 10.9 Å². The summed E-state index contributed by atoms with van der Waals surface area (Å²) in [4.78, 5) is 27.8. The van der Waals surface area contributed by atoms with Crippen molar-refractivity contribution in [2.45, 2.75) is 13.0 Å². The second-order valence-corrected chi connectivity index (χ2v) is 5.75. The molecule has 0 bridgehead atoms. The Kier molecular flexibility index (Phi) is 4.93. The number of benzene rings is 2. The summed E-state index contributed by atoms with van der Waals surface area (Å²) in [6.45, 7) is 1.56. The standard InChI is InChI=1S/C20H19NO5/c1-12(19(22)13-7-5-4-6-8-13)26-20(23)16-10-14-9-15(24-2)11-17(25-3)18(14)21-16/h4-12,21H,1-3H3. The van der Waals surface area contributed by atoms with Crippen molar-refractivity contribution in [1.82, 2.24) is 4.98 Å². The lowest BCUT2D eigenvalue weighted by Gasteiger charge is -2.11. The molecule has 134 valence electrons. The Labute approximate surface area is 150 Å². The van der Waals surface area contributed by atoms with Crippen molar-refractivity contribution < 1.29 is 23.8 Å². The lowest BCUT2D eigenvalue weighted by molar-refractivity contribution is 0.0314. The lowest BCUT2D eigenvalue weighted by Crippen LogP contribution is -2.24. The van der Waals surface area contributed by atoms with Crippen LogP contribution in [-0.2, 0) is 4.74 Å². The molecule has 0 aliphatic heterocycles. The largest absolute Gasteiger partial charge is 0.497 e. The molecule has 0 aliphatic carbocycles. The molecule has 0 spiro atoms. The summed E-state index contributed by atoms with van der Waals surface area (Å²) >= 11 is 0. The van der Waals surface area contributed by atoms with Gasteiger partial charge in [-0.15, -0.1) is 0 Å². The first-order chi connectivity index (χ1) is 12.5. The second-order valence-electron chi connectivity index (χ2n) is 5.75. The van der Waals surface area contributed by atoms with Gasteiger partial charge in [0.15, 0.2) is 6.10 Å². The van der Waals surface area contributed by atoms with Gasteiger partial charge < -0.3 is 19.2 Å². The van der Waals surface area contributed by atoms with Crippen LogP contribution < -0.4 is 9.47 Å². The van der Waals surface area contributed by atoms with Crippen LogP contribution in [-0.4, -0.2) is 37.1 Å². The third kappa shape index (κ3) is 3.39. The quantitative estimate of drug-likeness (QED) is 0.541. The zero-order valence-corrected chi connectivity index (χ0v) is 14.7. The zero-order valence-electron chi connectivity index (χ0n) is 14.7. The van der Waals surface area contributed by atoms with Crippen molar-refractivity contribution in [3.8, 4) is 11.5 Å². The minimum Gasteiger partial charge on any atom is -0.497 e. The van der Waals surface area contributed by atoms with Gasteiger partial charge in [0.05, 0.1) is 19.7 Å². The van der Waals surface area contributed by atoms with E-state index in [-0.39, 0.29) is 11.5 Å². The Bertz CT molecular complexity index is 945. The Morgan fingerprint density at radius 3 is 2.38 bits per heavy atom. The number of Topliss-reactive ketones (excluding diaryl/α,β-unsaturated/α-hetero) is 1. The summed E-state index contributed by atoms with van der Waals surface area (Å²) in [6, 6.07) is 13.9. The number of carbonyl (C=O) groups is 2. The van der Waals surface area contributed by atoms with Gasteiger partial charge in [-0.05, 0) is 19.1 Å². The molecule has 0 aliphatic rings. The highest BCUT2D eigenvalue weighted by Gasteiger charge is 2.22. The molecule has 0 amide bonds. The molecule has 1 heterocycles. The number of esters is 1. The maximum Gasteiger partial charge on any atom is 0.355 e. The van der Waals surface area contributed by atoms with Gasteiger partial charge in [-0.1, -0.05) is 30.3 Å². The third-order valence-electron chi connectivity index (χ3n) is 4.05. The van der Waals surface area contributed by atoms with Gasteiger partial charge in [0, 0.05) is 17.0 Å². The molecule has 1 atom stereocenters. The van der Waals surface area contributed by atoms with Crippen molar-refractivity contribution in [2.75, 3.05) is 14.2 Å². The molecule has 1 aromatic heterocycles. The molecular weight excluding hydrogens is 334 g/mol. The zero-order chi connectivity index (χ0) is 18.7. The maximum atomic E-state index is 12.4. The number of H-pyrrole nitrogens is 1. The molecular formula is C20H19NO5. The summed E-state index contributed by atoms with van der Waals surface area (Å²) < 4.78 is 15.9. The Morgan fingerprint density at radius 1 is 1.00 bits per heavy atom. The predicted octanol–water partition coefficient (Wildman–Crippen LogP) is 3.61. The highest BCUT2D eigenvalue weighted by Crippen LogP contribution is 2.31. The van der Waals surface area contributed by atoms with E-state index in [2.05, 4.69) is 4.98 Å². The number of hydrogen-bond acceptors (Lipinski definition) is 5. The van der Waals surface area contributed by atoms with Crippen molar-refractivity contribution in [1.29, 1.82) is 0 Å². The summed E-state index contributed by atoms with van der Waals surface area (Å²) in [6.07, 6.45) is -0.896. The van der Waals surface area contributed by atoms with E-state index < -0.39 is 12.1 Å². The van der Waals surface area contributed by atoms with Gasteiger partial charge in [0.2, 0.25) is 5.78 Å². The molecule has 26 heavy (non-hydrogen) atoms. The van der Waals surface area contributed by atoms with E-state index in [9.17, 15) is 9.59 Å². The molecule has 6 heteroatoms. The van der Waals surface area contributed by atoms with Crippen molar-refractivity contribution >= 4 is 22.7 Å². The monoisotopic (exact) mass is 353 g/mol. The van der Waals surface area contributed by atoms with Crippen LogP contribution in [0.1, 0.15) is 27.8 Å². The van der Waals surface area contributed by atoms with Gasteiger partial charge in [-0.25, -0.2) is 4.79 Å². The van der Waals surface area contributed by atoms with E-state index in [4.69, 9.17) is 14.2 Å². The summed E-state index contributed by atoms with van der Waals surface area (Å²) in [5, 5.41) is 0.746. The van der Waals surface area contributed by atoms with Crippen LogP contribution in [0.15, 0.2) is 48.5 Å². The number of aromatic amines is 1. The third-order valence-corrected chi connectivity index (χ3v) is 4.05. The minimum absolute atomic E-state index is 0.235. The molecule has 1 N–H and O–H groups in total. The number of aromatic nitrogens is 1. The summed E-state index contributed by atoms with van der Waals surface area (Å²) in [5.74, 6) is 0.293. The number of methoxy groups -OCH3 is 2. The number of carbonyl (C=O) groups excluding carboxylic acids is 2. The Balaban J connectivity index is 1.82. The summed E-state index contributed by atoms with van der Waals surface area (Å²) in [7, 11) is 3.09. The molecule has 0 saturated heterocycles. The Hall–Kier alpha value is -3.28. The second kappa shape index (κ2) is 7.31. The molecule has 3 rings (SSSR count). The number of ketones is 1. The average molecular weight is 353 g/mol. The molecule has 6 nitrogen and oxygen atoms in total. The first kappa shape index (κ1) is 17.5. The highest BCUT2D eigenvalue weighted by atomic mass is 16.5. The minimum atomic E-state index is -0.896. The van der Waals surface area contributed by atoms with Gasteiger partial charge in [0.1, 0.15) is 17.2 Å². The van der Waals surface area contributed by atoms with Gasteiger partial charge in [0.25, 0.3) is 0 Å². The first-order valence-electron chi connectivity index (χ1n) is 8.08. The molecule has 1 unspecified atom stereocenters. The van der Waals surface area contributed by atoms with E-state index in [0.29, 0.717) is 22.6 Å². The highest BCUT2D eigenvalue weighted by molar-refractivity contribution is 6.02. The topological polar surface area (TPSA) is 77.6 Å². The van der Waals surface area contributed by atoms with Gasteiger partial charge >= 0.3 is 5.97 Å². The van der Waals surface area contributed by atoms with Crippen molar-refractivity contribution in [3.05, 3.63) is 59.8 Å². The van der Waals surface area contributed by atoms with E-state index >= 15 is 0 Å². The number of ether oxygens (including phenoxy) is 3. The van der Waals surface area contributed by atoms with E-state index in [1.54, 1.807) is 56.5 Å². The van der Waals surface area contributed by atoms with Crippen molar-refractivity contribution in [2.24, 2.45) is 0 Å². The fraction of sp³-hybridized carbons (Fsp3) is 0.200. The molecule has 2 aromatic carbocycles. The normalized spacial score (nSPS) is 11.8. The van der Waals surface area contributed by atoms with Crippen LogP contribution in [0.3, 0.4) is 0 Å². The number of fused-ring (bicyclic) bond motifs is 1. The molecule has 0 saturated carbocycles. The first-order valence-corrected chi connectivity index (χ1v) is 8.08. The molecule has 0 radical (unpaired) electrons. The maximum absolute atomic E-state index is 12.4. The molecule has 0 fully saturated rings. The van der Waals surface area contributed by atoms with Gasteiger partial charge in [-0.2, -0.15) is 0 Å².